The third kappa shape index (κ3) is 4.62. The lowest BCUT2D eigenvalue weighted by Gasteiger charge is -2.19. The Bertz CT molecular complexity index is 909. The van der Waals surface area contributed by atoms with Gasteiger partial charge < -0.3 is 25.4 Å². The molecule has 7 nitrogen and oxygen atoms in total. The molecule has 2 aromatic rings. The van der Waals surface area contributed by atoms with E-state index in [0.717, 1.165) is 35.4 Å². The van der Waals surface area contributed by atoms with Crippen LogP contribution in [0, 0.1) is 5.92 Å². The van der Waals surface area contributed by atoms with E-state index in [-0.39, 0.29) is 36.7 Å². The first-order valence-corrected chi connectivity index (χ1v) is 9.87. The lowest BCUT2D eigenvalue weighted by Crippen LogP contribution is -2.38. The molecule has 1 aliphatic heterocycles. The first-order chi connectivity index (χ1) is 14.0. The van der Waals surface area contributed by atoms with Crippen LogP contribution in [-0.4, -0.2) is 18.7 Å². The first-order valence-electron chi connectivity index (χ1n) is 9.87. The Morgan fingerprint density at radius 1 is 0.897 bits per heavy atom. The number of rotatable bonds is 6. The van der Waals surface area contributed by atoms with E-state index >= 15 is 0 Å². The summed E-state index contributed by atoms with van der Waals surface area (Å²) in [7, 11) is 0. The number of ether oxygens (including phenoxy) is 2. The minimum Gasteiger partial charge on any atom is -0.454 e. The van der Waals surface area contributed by atoms with E-state index in [0.29, 0.717) is 5.75 Å². The Balaban J connectivity index is 1.30. The van der Waals surface area contributed by atoms with Crippen LogP contribution in [0.2, 0.25) is 0 Å². The molecule has 0 saturated heterocycles. The Morgan fingerprint density at radius 3 is 2.21 bits per heavy atom. The Morgan fingerprint density at radius 2 is 1.52 bits per heavy atom. The maximum Gasteiger partial charge on any atom is 0.315 e. The van der Waals surface area contributed by atoms with Crippen molar-refractivity contribution in [2.75, 3.05) is 12.1 Å². The number of hydrogen-bond acceptors (Lipinski definition) is 4. The molecule has 0 aromatic heterocycles. The normalized spacial score (nSPS) is 16.6. The van der Waals surface area contributed by atoms with Crippen LogP contribution in [0.25, 0.3) is 0 Å². The Kier molecular flexibility index (Phi) is 5.29. The molecule has 2 aliphatic rings. The molecular weight excluding hydrogens is 370 g/mol. The van der Waals surface area contributed by atoms with E-state index in [1.807, 2.05) is 56.3 Å². The minimum absolute atomic E-state index is 0.0841. The summed E-state index contributed by atoms with van der Waals surface area (Å²) in [4.78, 5) is 24.2. The molecule has 0 radical (unpaired) electrons. The van der Waals surface area contributed by atoms with Gasteiger partial charge in [0.15, 0.2) is 11.5 Å². The fourth-order valence-electron chi connectivity index (χ4n) is 3.23. The highest BCUT2D eigenvalue weighted by atomic mass is 16.7. The lowest BCUT2D eigenvalue weighted by atomic mass is 10.1. The zero-order valence-corrected chi connectivity index (χ0v) is 16.5. The monoisotopic (exact) mass is 395 g/mol. The lowest BCUT2D eigenvalue weighted by molar-refractivity contribution is -0.117. The van der Waals surface area contributed by atoms with Crippen molar-refractivity contribution in [2.24, 2.45) is 5.92 Å². The molecule has 29 heavy (non-hydrogen) atoms. The molecule has 2 atom stereocenters. The number of benzene rings is 2. The number of anilines is 1. The maximum atomic E-state index is 12.4. The van der Waals surface area contributed by atoms with E-state index in [2.05, 4.69) is 16.0 Å². The van der Waals surface area contributed by atoms with Crippen molar-refractivity contribution < 1.29 is 19.1 Å². The fraction of sp³-hybridized carbons (Fsp3) is 0.364. The summed E-state index contributed by atoms with van der Waals surface area (Å²) in [6, 6.07) is 12.6. The number of amides is 3. The predicted molar refractivity (Wildman–Crippen MR) is 109 cm³/mol. The van der Waals surface area contributed by atoms with Crippen molar-refractivity contribution in [1.82, 2.24) is 10.6 Å². The van der Waals surface area contributed by atoms with Gasteiger partial charge >= 0.3 is 6.03 Å². The fourth-order valence-corrected chi connectivity index (χ4v) is 3.23. The standard InChI is InChI=1S/C22H25N3O4/c1-13(15-5-8-18(9-6-15)25-21(26)16-3-4-16)23-22(27)24-14(2)17-7-10-19-20(11-17)29-12-28-19/h5-11,13-14,16H,3-4,12H2,1-2H3,(H,25,26)(H2,23,24,27)/t13-,14+/m1/s1. The van der Waals surface area contributed by atoms with Gasteiger partial charge in [-0.25, -0.2) is 4.79 Å². The zero-order valence-electron chi connectivity index (χ0n) is 16.5. The van der Waals surface area contributed by atoms with Crippen LogP contribution < -0.4 is 25.4 Å². The molecule has 1 saturated carbocycles. The van der Waals surface area contributed by atoms with E-state index < -0.39 is 0 Å². The van der Waals surface area contributed by atoms with E-state index in [9.17, 15) is 9.59 Å². The summed E-state index contributed by atoms with van der Waals surface area (Å²) in [5.74, 6) is 1.67. The van der Waals surface area contributed by atoms with Gasteiger partial charge in [-0.1, -0.05) is 18.2 Å². The van der Waals surface area contributed by atoms with E-state index in [1.54, 1.807) is 0 Å². The summed E-state index contributed by atoms with van der Waals surface area (Å²) in [5.41, 5.74) is 2.67. The average Bonchev–Trinajstić information content (AvgIpc) is 3.45. The van der Waals surface area contributed by atoms with Gasteiger partial charge in [-0.2, -0.15) is 0 Å². The molecule has 1 fully saturated rings. The zero-order chi connectivity index (χ0) is 20.4. The number of nitrogens with one attached hydrogen (secondary N) is 3. The summed E-state index contributed by atoms with van der Waals surface area (Å²) in [5, 5.41) is 8.80. The minimum atomic E-state index is -0.256. The predicted octanol–water partition coefficient (Wildman–Crippen LogP) is 3.89. The second-order valence-corrected chi connectivity index (χ2v) is 7.56. The summed E-state index contributed by atoms with van der Waals surface area (Å²) in [6.45, 7) is 4.06. The van der Waals surface area contributed by atoms with Gasteiger partial charge in [0.1, 0.15) is 0 Å². The van der Waals surface area contributed by atoms with Crippen LogP contribution in [0.1, 0.15) is 49.9 Å². The Hall–Kier alpha value is -3.22. The molecule has 1 aliphatic carbocycles. The second kappa shape index (κ2) is 8.03. The SMILES string of the molecule is C[C@H](NC(=O)N[C@H](C)c1ccc(NC(=O)C2CC2)cc1)c1ccc2c(c1)OCO2. The molecule has 2 aromatic carbocycles. The van der Waals surface area contributed by atoms with Crippen LogP contribution in [0.15, 0.2) is 42.5 Å². The molecule has 3 N–H and O–H groups in total. The van der Waals surface area contributed by atoms with Crippen LogP contribution in [0.4, 0.5) is 10.5 Å². The van der Waals surface area contributed by atoms with Crippen LogP contribution in [0.3, 0.4) is 0 Å². The van der Waals surface area contributed by atoms with Gasteiger partial charge in [0.05, 0.1) is 12.1 Å². The van der Waals surface area contributed by atoms with Crippen LogP contribution in [-0.2, 0) is 4.79 Å². The molecule has 0 spiro atoms. The van der Waals surface area contributed by atoms with Gasteiger partial charge in [0, 0.05) is 11.6 Å². The van der Waals surface area contributed by atoms with Gasteiger partial charge in [0.2, 0.25) is 12.7 Å². The third-order valence-electron chi connectivity index (χ3n) is 5.22. The van der Waals surface area contributed by atoms with Crippen molar-refractivity contribution in [3.63, 3.8) is 0 Å². The van der Waals surface area contributed by atoms with Crippen LogP contribution >= 0.6 is 0 Å². The van der Waals surface area contributed by atoms with Crippen molar-refractivity contribution in [2.45, 2.75) is 38.8 Å². The first kappa shape index (κ1) is 19.1. The topological polar surface area (TPSA) is 88.7 Å². The molecule has 1 heterocycles. The summed E-state index contributed by atoms with van der Waals surface area (Å²) < 4.78 is 10.7. The van der Waals surface area contributed by atoms with Crippen molar-refractivity contribution in [3.8, 4) is 11.5 Å². The molecule has 4 rings (SSSR count). The molecule has 3 amide bonds. The maximum absolute atomic E-state index is 12.4. The van der Waals surface area contributed by atoms with E-state index in [4.69, 9.17) is 9.47 Å². The molecule has 0 bridgehead atoms. The molecule has 0 unspecified atom stereocenters. The second-order valence-electron chi connectivity index (χ2n) is 7.56. The Labute approximate surface area is 169 Å². The number of hydrogen-bond donors (Lipinski definition) is 3. The van der Waals surface area contributed by atoms with Gasteiger partial charge in [-0.15, -0.1) is 0 Å². The number of fused-ring (bicyclic) bond motifs is 1. The highest BCUT2D eigenvalue weighted by Crippen LogP contribution is 2.34. The number of urea groups is 1. The van der Waals surface area contributed by atoms with E-state index in [1.165, 1.54) is 0 Å². The van der Waals surface area contributed by atoms with Crippen LogP contribution in [0.5, 0.6) is 11.5 Å². The van der Waals surface area contributed by atoms with Gasteiger partial charge in [0.25, 0.3) is 0 Å². The number of carbonyl (C=O) groups excluding carboxylic acids is 2. The quantitative estimate of drug-likeness (QED) is 0.692. The molecular formula is C22H25N3O4. The number of carbonyl (C=O) groups is 2. The average molecular weight is 395 g/mol. The van der Waals surface area contributed by atoms with Crippen molar-refractivity contribution >= 4 is 17.6 Å². The van der Waals surface area contributed by atoms with Gasteiger partial charge in [-0.3, -0.25) is 4.79 Å². The highest BCUT2D eigenvalue weighted by molar-refractivity contribution is 5.94. The van der Waals surface area contributed by atoms with Crippen molar-refractivity contribution in [3.05, 3.63) is 53.6 Å². The molecule has 152 valence electrons. The highest BCUT2D eigenvalue weighted by Gasteiger charge is 2.29. The van der Waals surface area contributed by atoms with Crippen molar-refractivity contribution in [1.29, 1.82) is 0 Å². The third-order valence-corrected chi connectivity index (χ3v) is 5.22. The largest absolute Gasteiger partial charge is 0.454 e. The smallest absolute Gasteiger partial charge is 0.315 e. The summed E-state index contributed by atoms with van der Waals surface area (Å²) in [6.07, 6.45) is 1.95. The summed E-state index contributed by atoms with van der Waals surface area (Å²) >= 11 is 0. The van der Waals surface area contributed by atoms with Gasteiger partial charge in [-0.05, 0) is 62.1 Å². The molecule has 7 heteroatoms.